The smallest absolute Gasteiger partial charge is 0.312 e. The van der Waals surface area contributed by atoms with Crippen molar-refractivity contribution in [1.29, 1.82) is 0 Å². The molecule has 0 amide bonds. The fourth-order valence-corrected chi connectivity index (χ4v) is 3.70. The van der Waals surface area contributed by atoms with E-state index < -0.39 is 5.97 Å². The van der Waals surface area contributed by atoms with Gasteiger partial charge in [-0.1, -0.05) is 6.92 Å². The van der Waals surface area contributed by atoms with Crippen molar-refractivity contribution in [3.63, 3.8) is 0 Å². The summed E-state index contributed by atoms with van der Waals surface area (Å²) in [6.45, 7) is 2.23. The van der Waals surface area contributed by atoms with Crippen LogP contribution in [0.25, 0.3) is 0 Å². The molecule has 4 heteroatoms. The number of rotatable bonds is 2. The first-order chi connectivity index (χ1) is 7.16. The van der Waals surface area contributed by atoms with E-state index in [2.05, 4.69) is 11.9 Å². The molecule has 3 rings (SSSR count). The normalized spacial score (nSPS) is 32.7. The highest BCUT2D eigenvalue weighted by molar-refractivity contribution is 7.12. The number of aliphatic carboxylic acids is 1. The predicted molar refractivity (Wildman–Crippen MR) is 57.3 cm³/mol. The molecule has 1 aromatic heterocycles. The lowest BCUT2D eigenvalue weighted by Crippen LogP contribution is -2.08. The Morgan fingerprint density at radius 3 is 2.93 bits per heavy atom. The maximum atomic E-state index is 11.0. The number of hydrogen-bond donors (Lipinski definition) is 1. The van der Waals surface area contributed by atoms with E-state index in [1.54, 1.807) is 11.3 Å². The van der Waals surface area contributed by atoms with Crippen LogP contribution in [0.15, 0.2) is 0 Å². The van der Waals surface area contributed by atoms with E-state index in [0.717, 1.165) is 24.5 Å². The van der Waals surface area contributed by atoms with Crippen LogP contribution in [0.3, 0.4) is 0 Å². The number of carbonyl (C=O) groups is 1. The van der Waals surface area contributed by atoms with E-state index in [9.17, 15) is 4.79 Å². The zero-order valence-electron chi connectivity index (χ0n) is 8.56. The number of nitrogens with zero attached hydrogens (tertiary/aromatic N) is 1. The van der Waals surface area contributed by atoms with Crippen LogP contribution in [0.5, 0.6) is 0 Å². The predicted octanol–water partition coefficient (Wildman–Crippen LogP) is 2.38. The van der Waals surface area contributed by atoms with Crippen LogP contribution < -0.4 is 0 Å². The van der Waals surface area contributed by atoms with Gasteiger partial charge >= 0.3 is 5.97 Å². The average molecular weight is 223 g/mol. The van der Waals surface area contributed by atoms with E-state index in [-0.39, 0.29) is 5.92 Å². The molecule has 2 aliphatic rings. The molecule has 1 fully saturated rings. The number of hydrogen-bond acceptors (Lipinski definition) is 3. The van der Waals surface area contributed by atoms with E-state index in [1.807, 2.05) is 0 Å². The van der Waals surface area contributed by atoms with Gasteiger partial charge in [0.15, 0.2) is 0 Å². The van der Waals surface area contributed by atoms with E-state index in [0.29, 0.717) is 5.92 Å². The summed E-state index contributed by atoms with van der Waals surface area (Å²) in [7, 11) is 0. The average Bonchev–Trinajstić information content (AvgIpc) is 2.61. The van der Waals surface area contributed by atoms with E-state index in [4.69, 9.17) is 5.11 Å². The lowest BCUT2D eigenvalue weighted by Gasteiger charge is -2.00. The number of carboxylic acid groups (broad SMARTS) is 1. The first-order valence-electron chi connectivity index (χ1n) is 5.39. The lowest BCUT2D eigenvalue weighted by molar-refractivity contribution is -0.138. The zero-order valence-corrected chi connectivity index (χ0v) is 9.38. The summed E-state index contributed by atoms with van der Waals surface area (Å²) >= 11 is 1.74. The van der Waals surface area contributed by atoms with Crippen LogP contribution in [0.1, 0.15) is 47.2 Å². The minimum absolute atomic E-state index is 0.334. The Kier molecular flexibility index (Phi) is 1.89. The number of aryl methyl sites for hydroxylation is 1. The molecule has 0 aliphatic heterocycles. The van der Waals surface area contributed by atoms with Gasteiger partial charge in [-0.25, -0.2) is 4.98 Å². The van der Waals surface area contributed by atoms with Gasteiger partial charge in [0.1, 0.15) is 5.92 Å². The molecule has 0 spiro atoms. The van der Waals surface area contributed by atoms with Gasteiger partial charge in [-0.2, -0.15) is 0 Å². The summed E-state index contributed by atoms with van der Waals surface area (Å²) in [5, 5.41) is 10.2. The Bertz CT molecular complexity index is 426. The minimum Gasteiger partial charge on any atom is -0.481 e. The van der Waals surface area contributed by atoms with Crippen molar-refractivity contribution in [2.75, 3.05) is 0 Å². The summed E-state index contributed by atoms with van der Waals surface area (Å²) in [6, 6.07) is 0. The monoisotopic (exact) mass is 223 g/mol. The molecular formula is C11H13NO2S. The Morgan fingerprint density at radius 1 is 1.60 bits per heavy atom. The number of aromatic nitrogens is 1. The van der Waals surface area contributed by atoms with Gasteiger partial charge in [0.25, 0.3) is 0 Å². The van der Waals surface area contributed by atoms with Crippen LogP contribution in [0.4, 0.5) is 0 Å². The Balaban J connectivity index is 1.92. The second-order valence-corrected chi connectivity index (χ2v) is 5.72. The Labute approximate surface area is 92.2 Å². The second-order valence-electron chi connectivity index (χ2n) is 4.61. The first kappa shape index (κ1) is 9.33. The molecular weight excluding hydrogens is 210 g/mol. The third-order valence-electron chi connectivity index (χ3n) is 3.46. The van der Waals surface area contributed by atoms with Crippen molar-refractivity contribution in [3.8, 4) is 0 Å². The largest absolute Gasteiger partial charge is 0.481 e. The molecule has 0 radical (unpaired) electrons. The summed E-state index contributed by atoms with van der Waals surface area (Å²) in [6.07, 6.45) is 2.87. The molecule has 2 aliphatic carbocycles. The summed E-state index contributed by atoms with van der Waals surface area (Å²) < 4.78 is 0. The standard InChI is InChI=1S/C11H13NO2S/c1-5-4-7(5)10-12-9-6(11(13)14)2-3-8(9)15-10/h5-7H,2-4H2,1H3,(H,13,14). The molecule has 1 heterocycles. The molecule has 3 nitrogen and oxygen atoms in total. The number of carboxylic acids is 1. The molecule has 3 atom stereocenters. The topological polar surface area (TPSA) is 50.2 Å². The van der Waals surface area contributed by atoms with Crippen molar-refractivity contribution < 1.29 is 9.90 Å². The van der Waals surface area contributed by atoms with Crippen molar-refractivity contribution in [2.45, 2.75) is 38.0 Å². The van der Waals surface area contributed by atoms with Crippen LogP contribution in [0.2, 0.25) is 0 Å². The van der Waals surface area contributed by atoms with Crippen molar-refractivity contribution in [1.82, 2.24) is 4.98 Å². The van der Waals surface area contributed by atoms with Crippen molar-refractivity contribution in [2.24, 2.45) is 5.92 Å². The molecule has 1 aromatic rings. The van der Waals surface area contributed by atoms with Gasteiger partial charge in [-0.05, 0) is 25.2 Å². The highest BCUT2D eigenvalue weighted by Crippen LogP contribution is 2.50. The summed E-state index contributed by atoms with van der Waals surface area (Å²) in [5.74, 6) is 0.322. The molecule has 1 N–H and O–H groups in total. The zero-order chi connectivity index (χ0) is 10.6. The third kappa shape index (κ3) is 1.39. The van der Waals surface area contributed by atoms with Gasteiger partial charge in [0.05, 0.1) is 10.7 Å². The molecule has 15 heavy (non-hydrogen) atoms. The van der Waals surface area contributed by atoms with Gasteiger partial charge in [-0.15, -0.1) is 11.3 Å². The highest BCUT2D eigenvalue weighted by atomic mass is 32.1. The second kappa shape index (κ2) is 3.04. The SMILES string of the molecule is CC1CC1c1nc2c(s1)CCC2C(=O)O. The summed E-state index contributed by atoms with van der Waals surface area (Å²) in [4.78, 5) is 16.8. The highest BCUT2D eigenvalue weighted by Gasteiger charge is 2.40. The fourth-order valence-electron chi connectivity index (χ4n) is 2.31. The third-order valence-corrected chi connectivity index (χ3v) is 4.72. The van der Waals surface area contributed by atoms with Crippen LogP contribution in [0, 0.1) is 5.92 Å². The molecule has 3 unspecified atom stereocenters. The minimum atomic E-state index is -0.713. The van der Waals surface area contributed by atoms with Gasteiger partial charge < -0.3 is 5.11 Å². The Hall–Kier alpha value is -0.900. The van der Waals surface area contributed by atoms with Crippen LogP contribution >= 0.6 is 11.3 Å². The number of fused-ring (bicyclic) bond motifs is 1. The van der Waals surface area contributed by atoms with Gasteiger partial charge in [0, 0.05) is 10.8 Å². The van der Waals surface area contributed by atoms with E-state index >= 15 is 0 Å². The van der Waals surface area contributed by atoms with Crippen molar-refractivity contribution >= 4 is 17.3 Å². The lowest BCUT2D eigenvalue weighted by atomic mass is 10.1. The maximum Gasteiger partial charge on any atom is 0.312 e. The van der Waals surface area contributed by atoms with Crippen LogP contribution in [-0.4, -0.2) is 16.1 Å². The van der Waals surface area contributed by atoms with Crippen LogP contribution in [-0.2, 0) is 11.2 Å². The van der Waals surface area contributed by atoms with Gasteiger partial charge in [-0.3, -0.25) is 4.79 Å². The molecule has 0 aromatic carbocycles. The maximum absolute atomic E-state index is 11.0. The fraction of sp³-hybridized carbons (Fsp3) is 0.636. The quantitative estimate of drug-likeness (QED) is 0.837. The van der Waals surface area contributed by atoms with Crippen molar-refractivity contribution in [3.05, 3.63) is 15.6 Å². The van der Waals surface area contributed by atoms with E-state index in [1.165, 1.54) is 16.3 Å². The molecule has 0 saturated heterocycles. The summed E-state index contributed by atoms with van der Waals surface area (Å²) in [5.41, 5.74) is 0.863. The molecule has 0 bridgehead atoms. The first-order valence-corrected chi connectivity index (χ1v) is 6.20. The Morgan fingerprint density at radius 2 is 2.33 bits per heavy atom. The molecule has 80 valence electrons. The van der Waals surface area contributed by atoms with Gasteiger partial charge in [0.2, 0.25) is 0 Å². The molecule has 1 saturated carbocycles. The number of thiazole rings is 1.